The van der Waals surface area contributed by atoms with Crippen LogP contribution in [0.25, 0.3) is 0 Å². The summed E-state index contributed by atoms with van der Waals surface area (Å²) in [5.41, 5.74) is -0.242. The molecule has 1 aliphatic rings. The largest absolute Gasteiger partial charge is 0.479 e. The molecule has 0 bridgehead atoms. The number of amides is 1. The van der Waals surface area contributed by atoms with Crippen molar-refractivity contribution < 1.29 is 19.4 Å². The molecule has 0 aliphatic heterocycles. The Balaban J connectivity index is 2.37. The van der Waals surface area contributed by atoms with E-state index in [1.807, 2.05) is 0 Å². The Morgan fingerprint density at radius 1 is 1.39 bits per heavy atom. The number of carboxylic acids is 1. The number of carboxylic acid groups (broad SMARTS) is 1. The van der Waals surface area contributed by atoms with Crippen molar-refractivity contribution in [1.29, 1.82) is 0 Å². The van der Waals surface area contributed by atoms with Gasteiger partial charge >= 0.3 is 12.1 Å². The first kappa shape index (κ1) is 18.1. The number of hydrogen-bond acceptors (Lipinski definition) is 3. The van der Waals surface area contributed by atoms with Gasteiger partial charge in [-0.2, -0.15) is 0 Å². The predicted molar refractivity (Wildman–Crippen MR) is 90.6 cm³/mol. The number of benzene rings is 1. The van der Waals surface area contributed by atoms with Crippen molar-refractivity contribution >= 4 is 39.6 Å². The van der Waals surface area contributed by atoms with Crippen molar-refractivity contribution in [1.82, 2.24) is 4.90 Å². The van der Waals surface area contributed by atoms with Gasteiger partial charge in [-0.3, -0.25) is 4.90 Å². The van der Waals surface area contributed by atoms with E-state index in [2.05, 4.69) is 15.9 Å². The summed E-state index contributed by atoms with van der Waals surface area (Å²) in [6.45, 7) is 5.26. The van der Waals surface area contributed by atoms with Crippen molar-refractivity contribution in [2.75, 3.05) is 0 Å². The zero-order valence-electron chi connectivity index (χ0n) is 13.2. The SMILES string of the molecule is CC(C)(C)OC(=O)N(C1CC1)C(C(=O)O)c1ccc(Br)c(Cl)c1. The summed E-state index contributed by atoms with van der Waals surface area (Å²) in [6, 6.07) is 3.64. The number of halogens is 2. The number of carbonyl (C=O) groups is 2. The lowest BCUT2D eigenvalue weighted by Crippen LogP contribution is -2.43. The van der Waals surface area contributed by atoms with Gasteiger partial charge in [0.1, 0.15) is 5.60 Å². The molecule has 1 unspecified atom stereocenters. The molecule has 0 spiro atoms. The fourth-order valence-corrected chi connectivity index (χ4v) is 2.67. The van der Waals surface area contributed by atoms with E-state index in [0.29, 0.717) is 15.1 Å². The second-order valence-corrected chi connectivity index (χ2v) is 7.79. The van der Waals surface area contributed by atoms with Gasteiger partial charge in [0.05, 0.1) is 5.02 Å². The average Bonchev–Trinajstić information content (AvgIpc) is 3.21. The predicted octanol–water partition coefficient (Wildman–Crippen LogP) is 4.63. The van der Waals surface area contributed by atoms with Crippen LogP contribution in [0.15, 0.2) is 22.7 Å². The lowest BCUT2D eigenvalue weighted by molar-refractivity contribution is -0.143. The third kappa shape index (κ3) is 4.61. The average molecular weight is 405 g/mol. The molecular formula is C16H19BrClNO4. The molecule has 1 amide bonds. The van der Waals surface area contributed by atoms with Crippen LogP contribution < -0.4 is 0 Å². The maximum atomic E-state index is 12.5. The van der Waals surface area contributed by atoms with Gasteiger partial charge < -0.3 is 9.84 Å². The van der Waals surface area contributed by atoms with E-state index in [-0.39, 0.29) is 6.04 Å². The monoisotopic (exact) mass is 403 g/mol. The van der Waals surface area contributed by atoms with Crippen LogP contribution >= 0.6 is 27.5 Å². The Labute approximate surface area is 148 Å². The van der Waals surface area contributed by atoms with Gasteiger partial charge in [-0.05, 0) is 67.2 Å². The number of carbonyl (C=O) groups excluding carboxylic acids is 1. The maximum absolute atomic E-state index is 12.5. The second kappa shape index (κ2) is 6.69. The quantitative estimate of drug-likeness (QED) is 0.794. The van der Waals surface area contributed by atoms with Gasteiger partial charge in [0.25, 0.3) is 0 Å². The van der Waals surface area contributed by atoms with E-state index < -0.39 is 23.7 Å². The molecule has 5 nitrogen and oxygen atoms in total. The molecule has 1 atom stereocenters. The zero-order valence-corrected chi connectivity index (χ0v) is 15.5. The maximum Gasteiger partial charge on any atom is 0.411 e. The molecule has 0 aromatic heterocycles. The number of ether oxygens (including phenoxy) is 1. The number of rotatable bonds is 4. The third-order valence-electron chi connectivity index (χ3n) is 3.32. The smallest absolute Gasteiger partial charge is 0.411 e. The molecule has 1 N–H and O–H groups in total. The Hall–Kier alpha value is -1.27. The Kier molecular flexibility index (Phi) is 5.26. The summed E-state index contributed by atoms with van der Waals surface area (Å²) in [5, 5.41) is 10.1. The molecule has 126 valence electrons. The van der Waals surface area contributed by atoms with E-state index in [1.165, 1.54) is 4.90 Å². The molecular weight excluding hydrogens is 386 g/mol. The van der Waals surface area contributed by atoms with Crippen LogP contribution in [-0.4, -0.2) is 33.7 Å². The summed E-state index contributed by atoms with van der Waals surface area (Å²) in [7, 11) is 0. The van der Waals surface area contributed by atoms with Gasteiger partial charge in [-0.1, -0.05) is 17.7 Å². The van der Waals surface area contributed by atoms with Gasteiger partial charge in [0.2, 0.25) is 0 Å². The number of hydrogen-bond donors (Lipinski definition) is 1. The van der Waals surface area contributed by atoms with Crippen LogP contribution in [0.3, 0.4) is 0 Å². The molecule has 23 heavy (non-hydrogen) atoms. The van der Waals surface area contributed by atoms with Gasteiger partial charge in [0, 0.05) is 10.5 Å². The van der Waals surface area contributed by atoms with E-state index in [9.17, 15) is 14.7 Å². The highest BCUT2D eigenvalue weighted by Gasteiger charge is 2.43. The summed E-state index contributed by atoms with van der Waals surface area (Å²) < 4.78 is 6.06. The number of nitrogens with zero attached hydrogens (tertiary/aromatic N) is 1. The molecule has 2 rings (SSSR count). The fraction of sp³-hybridized carbons (Fsp3) is 0.500. The minimum Gasteiger partial charge on any atom is -0.479 e. The molecule has 1 aromatic carbocycles. The van der Waals surface area contributed by atoms with E-state index in [4.69, 9.17) is 16.3 Å². The molecule has 7 heteroatoms. The summed E-state index contributed by atoms with van der Waals surface area (Å²) in [5.74, 6) is -1.11. The van der Waals surface area contributed by atoms with Crippen molar-refractivity contribution in [2.24, 2.45) is 0 Å². The van der Waals surface area contributed by atoms with Crippen LogP contribution in [0.2, 0.25) is 5.02 Å². The molecule has 0 radical (unpaired) electrons. The minimum atomic E-state index is -1.12. The standard InChI is InChI=1S/C16H19BrClNO4/c1-16(2,3)23-15(22)19(10-5-6-10)13(14(20)21)9-4-7-11(17)12(18)8-9/h4,7-8,10,13H,5-6H2,1-3H3,(H,20,21). The van der Waals surface area contributed by atoms with Crippen molar-refractivity contribution in [2.45, 2.75) is 51.3 Å². The molecule has 0 heterocycles. The van der Waals surface area contributed by atoms with Crippen LogP contribution in [0.5, 0.6) is 0 Å². The van der Waals surface area contributed by atoms with E-state index >= 15 is 0 Å². The molecule has 0 saturated heterocycles. The zero-order chi connectivity index (χ0) is 17.4. The fourth-order valence-electron chi connectivity index (χ4n) is 2.24. The van der Waals surface area contributed by atoms with Crippen LogP contribution in [0.1, 0.15) is 45.2 Å². The Morgan fingerprint density at radius 3 is 2.43 bits per heavy atom. The van der Waals surface area contributed by atoms with Gasteiger partial charge in [-0.25, -0.2) is 9.59 Å². The van der Waals surface area contributed by atoms with Crippen LogP contribution in [0, 0.1) is 0 Å². The topological polar surface area (TPSA) is 66.8 Å². The highest BCUT2D eigenvalue weighted by molar-refractivity contribution is 9.10. The molecule has 1 aliphatic carbocycles. The van der Waals surface area contributed by atoms with Crippen LogP contribution in [0.4, 0.5) is 4.79 Å². The Bertz CT molecular complexity index is 625. The van der Waals surface area contributed by atoms with Gasteiger partial charge in [0.15, 0.2) is 6.04 Å². The summed E-state index contributed by atoms with van der Waals surface area (Å²) >= 11 is 9.35. The lowest BCUT2D eigenvalue weighted by atomic mass is 10.1. The summed E-state index contributed by atoms with van der Waals surface area (Å²) in [4.78, 5) is 25.7. The van der Waals surface area contributed by atoms with Crippen molar-refractivity contribution in [3.05, 3.63) is 33.3 Å². The first-order valence-corrected chi connectivity index (χ1v) is 8.46. The summed E-state index contributed by atoms with van der Waals surface area (Å²) in [6.07, 6.45) is 0.923. The van der Waals surface area contributed by atoms with Gasteiger partial charge in [-0.15, -0.1) is 0 Å². The second-order valence-electron chi connectivity index (χ2n) is 6.53. The number of aliphatic carboxylic acids is 1. The minimum absolute atomic E-state index is 0.117. The Morgan fingerprint density at radius 2 is 2.00 bits per heavy atom. The molecule has 1 saturated carbocycles. The van der Waals surface area contributed by atoms with E-state index in [0.717, 1.165) is 12.8 Å². The highest BCUT2D eigenvalue weighted by Crippen LogP contribution is 2.37. The van der Waals surface area contributed by atoms with Crippen LogP contribution in [-0.2, 0) is 9.53 Å². The van der Waals surface area contributed by atoms with E-state index in [1.54, 1.807) is 39.0 Å². The highest BCUT2D eigenvalue weighted by atomic mass is 79.9. The van der Waals surface area contributed by atoms with Crippen molar-refractivity contribution in [3.63, 3.8) is 0 Å². The molecule has 1 aromatic rings. The first-order chi connectivity index (χ1) is 10.6. The first-order valence-electron chi connectivity index (χ1n) is 7.29. The lowest BCUT2D eigenvalue weighted by Gasteiger charge is -2.32. The molecule has 1 fully saturated rings. The third-order valence-corrected chi connectivity index (χ3v) is 4.55. The normalized spacial score (nSPS) is 15.9. The van der Waals surface area contributed by atoms with Crippen molar-refractivity contribution in [3.8, 4) is 0 Å².